The minimum Gasteiger partial charge on any atom is -0.393 e. The summed E-state index contributed by atoms with van der Waals surface area (Å²) in [6, 6.07) is 0.363. The normalized spacial score (nSPS) is 44.6. The van der Waals surface area contributed by atoms with Crippen molar-refractivity contribution in [3.8, 4) is 11.8 Å². The maximum atomic E-state index is 14.4. The Balaban J connectivity index is 0.957. The molecular formula is C50H79N3O6. The Morgan fingerprint density at radius 3 is 2.49 bits per heavy atom. The van der Waals surface area contributed by atoms with Crippen LogP contribution in [-0.2, 0) is 14.3 Å². The molecule has 0 aromatic carbocycles. The van der Waals surface area contributed by atoms with Crippen molar-refractivity contribution in [1.82, 2.24) is 10.6 Å². The average Bonchev–Trinajstić information content (AvgIpc) is 3.29. The number of ketones is 2. The zero-order chi connectivity index (χ0) is 41.1. The van der Waals surface area contributed by atoms with Crippen molar-refractivity contribution < 1.29 is 29.6 Å². The minimum absolute atomic E-state index is 0.000688. The third-order valence-electron chi connectivity index (χ3n) is 18.0. The molecule has 17 unspecified atom stereocenters. The first kappa shape index (κ1) is 44.0. The Labute approximate surface area is 355 Å². The quantitative estimate of drug-likeness (QED) is 0.108. The standard InChI is InChI=1S/C50H79N3O6/c1-59-46-25-37-11-16-47(57)50(21-18-35(26-48(50)58)33-10-14-41-38(23-33)30-53-44-28-40(55)13-15-42(41)44)20-17-32(43(37)29-45(46)56)9-12-39(54)24-34(36-19-22-52-49(51)27-36)8-7-31-5-3-2-4-6-31/h7-8,31-39,41-46,48-49,52-54,56,58H,2-6,9-16,18-19,21-30,51H2,1H3. The van der Waals surface area contributed by atoms with Crippen molar-refractivity contribution >= 4 is 11.6 Å². The van der Waals surface area contributed by atoms with Crippen LogP contribution < -0.4 is 16.4 Å². The number of hydrogen-bond acceptors (Lipinski definition) is 9. The van der Waals surface area contributed by atoms with E-state index in [0.717, 1.165) is 45.2 Å². The molecule has 17 atom stereocenters. The van der Waals surface area contributed by atoms with Crippen LogP contribution >= 0.6 is 0 Å². The van der Waals surface area contributed by atoms with E-state index >= 15 is 0 Å². The average molecular weight is 818 g/mol. The summed E-state index contributed by atoms with van der Waals surface area (Å²) >= 11 is 0. The number of allylic oxidation sites excluding steroid dienone is 2. The van der Waals surface area contributed by atoms with Crippen molar-refractivity contribution in [3.05, 3.63) is 12.2 Å². The molecule has 330 valence electrons. The number of aliphatic hydroxyl groups excluding tert-OH is 3. The lowest BCUT2D eigenvalue weighted by Gasteiger charge is -2.51. The van der Waals surface area contributed by atoms with Gasteiger partial charge in [-0.2, -0.15) is 0 Å². The van der Waals surface area contributed by atoms with Gasteiger partial charge in [0.1, 0.15) is 11.2 Å². The zero-order valence-corrected chi connectivity index (χ0v) is 36.3. The number of piperidine rings is 2. The van der Waals surface area contributed by atoms with Gasteiger partial charge in [0, 0.05) is 38.3 Å². The molecule has 9 nitrogen and oxygen atoms in total. The van der Waals surface area contributed by atoms with Gasteiger partial charge in [-0.1, -0.05) is 43.3 Å². The largest absolute Gasteiger partial charge is 0.393 e. The van der Waals surface area contributed by atoms with E-state index in [0.29, 0.717) is 117 Å². The molecule has 0 amide bonds. The summed E-state index contributed by atoms with van der Waals surface area (Å²) in [6.07, 6.45) is 23.9. The summed E-state index contributed by atoms with van der Waals surface area (Å²) in [5.41, 5.74) is 5.35. The van der Waals surface area contributed by atoms with Crippen LogP contribution in [0.25, 0.3) is 0 Å². The molecule has 0 aromatic rings. The third kappa shape index (κ3) is 10.1. The first-order valence-corrected chi connectivity index (χ1v) is 24.7. The smallest absolute Gasteiger partial charge is 0.153 e. The molecule has 0 bridgehead atoms. The molecule has 8 aliphatic rings. The van der Waals surface area contributed by atoms with E-state index in [1.165, 1.54) is 51.4 Å². The second-order valence-electron chi connectivity index (χ2n) is 21.3. The maximum absolute atomic E-state index is 14.4. The minimum atomic E-state index is -1.05. The van der Waals surface area contributed by atoms with E-state index in [-0.39, 0.29) is 41.7 Å². The summed E-state index contributed by atoms with van der Waals surface area (Å²) in [5.74, 6) is 12.3. The lowest BCUT2D eigenvalue weighted by molar-refractivity contribution is -0.136. The second kappa shape index (κ2) is 19.8. The predicted molar refractivity (Wildman–Crippen MR) is 231 cm³/mol. The second-order valence-corrected chi connectivity index (χ2v) is 21.3. The first-order valence-electron chi connectivity index (χ1n) is 24.7. The lowest BCUT2D eigenvalue weighted by Crippen LogP contribution is -2.55. The molecular weight excluding hydrogens is 739 g/mol. The molecule has 59 heavy (non-hydrogen) atoms. The van der Waals surface area contributed by atoms with E-state index in [4.69, 9.17) is 10.5 Å². The monoisotopic (exact) mass is 818 g/mol. The van der Waals surface area contributed by atoms with Gasteiger partial charge < -0.3 is 36.4 Å². The van der Waals surface area contributed by atoms with Crippen molar-refractivity contribution in [1.29, 1.82) is 0 Å². The third-order valence-corrected chi connectivity index (χ3v) is 18.0. The Morgan fingerprint density at radius 2 is 1.69 bits per heavy atom. The number of methoxy groups -OCH3 is 1. The summed E-state index contributed by atoms with van der Waals surface area (Å²) in [5, 5.41) is 42.4. The molecule has 2 saturated heterocycles. The van der Waals surface area contributed by atoms with E-state index < -0.39 is 23.7 Å². The Kier molecular flexibility index (Phi) is 14.8. The van der Waals surface area contributed by atoms with Crippen molar-refractivity contribution in [2.24, 2.45) is 76.2 Å². The van der Waals surface area contributed by atoms with Crippen molar-refractivity contribution in [2.75, 3.05) is 20.2 Å². The van der Waals surface area contributed by atoms with Crippen molar-refractivity contribution in [3.63, 3.8) is 0 Å². The molecule has 0 radical (unpaired) electrons. The molecule has 2 aliphatic heterocycles. The highest BCUT2D eigenvalue weighted by atomic mass is 16.5. The predicted octanol–water partition coefficient (Wildman–Crippen LogP) is 6.46. The highest BCUT2D eigenvalue weighted by molar-refractivity contribution is 5.89. The number of Topliss-reactive ketones (excluding diaryl/α,β-unsaturated/α-hetero) is 2. The maximum Gasteiger partial charge on any atom is 0.153 e. The molecule has 2 heterocycles. The number of rotatable bonds is 10. The van der Waals surface area contributed by atoms with E-state index in [1.54, 1.807) is 7.11 Å². The number of fused-ring (bicyclic) bond motifs is 4. The summed E-state index contributed by atoms with van der Waals surface area (Å²) < 4.78 is 5.76. The first-order chi connectivity index (χ1) is 28.6. The Bertz CT molecular complexity index is 1520. The fourth-order valence-electron chi connectivity index (χ4n) is 14.5. The van der Waals surface area contributed by atoms with Crippen LogP contribution in [-0.4, -0.2) is 83.7 Å². The SMILES string of the molecule is COC1CC2CCC(=O)C3(C#CC(CCC(O)CC(C=CC4CCCCC4)C4CCNC(N)C4)C2CC1O)CCC(C1CCC2C(CNC4CC(=O)CCC42)C1)CC3O. The van der Waals surface area contributed by atoms with E-state index in [1.807, 2.05) is 0 Å². The zero-order valence-electron chi connectivity index (χ0n) is 36.3. The molecule has 6 aliphatic carbocycles. The number of nitrogens with one attached hydrogen (secondary N) is 2. The van der Waals surface area contributed by atoms with Crippen LogP contribution in [0.15, 0.2) is 12.2 Å². The number of ether oxygens (including phenoxy) is 1. The Morgan fingerprint density at radius 1 is 0.864 bits per heavy atom. The molecule has 7 N–H and O–H groups in total. The van der Waals surface area contributed by atoms with Gasteiger partial charge in [-0.3, -0.25) is 9.59 Å². The number of carbonyl (C=O) groups is 2. The van der Waals surface area contributed by atoms with Crippen LogP contribution in [0.3, 0.4) is 0 Å². The lowest BCUT2D eigenvalue weighted by atomic mass is 9.57. The van der Waals surface area contributed by atoms with E-state index in [9.17, 15) is 24.9 Å². The molecule has 9 heteroatoms. The van der Waals surface area contributed by atoms with Gasteiger partial charge in [-0.15, -0.1) is 0 Å². The summed E-state index contributed by atoms with van der Waals surface area (Å²) in [4.78, 5) is 26.6. The van der Waals surface area contributed by atoms with Crippen LogP contribution in [0, 0.1) is 82.4 Å². The van der Waals surface area contributed by atoms with Crippen LogP contribution in [0.1, 0.15) is 148 Å². The highest BCUT2D eigenvalue weighted by Gasteiger charge is 2.52. The molecule has 5 saturated carbocycles. The topological polar surface area (TPSA) is 154 Å². The van der Waals surface area contributed by atoms with Crippen LogP contribution in [0.2, 0.25) is 0 Å². The summed E-state index contributed by atoms with van der Waals surface area (Å²) in [7, 11) is 1.67. The fourth-order valence-corrected chi connectivity index (χ4v) is 14.5. The van der Waals surface area contributed by atoms with Crippen molar-refractivity contribution in [2.45, 2.75) is 184 Å². The fraction of sp³-hybridized carbons (Fsp3) is 0.880. The van der Waals surface area contributed by atoms with Gasteiger partial charge in [0.25, 0.3) is 0 Å². The van der Waals surface area contributed by atoms with Gasteiger partial charge >= 0.3 is 0 Å². The number of nitrogens with two attached hydrogens (primary N) is 1. The van der Waals surface area contributed by atoms with Gasteiger partial charge in [-0.25, -0.2) is 0 Å². The Hall–Kier alpha value is -1.64. The van der Waals surface area contributed by atoms with Gasteiger partial charge in [0.2, 0.25) is 0 Å². The van der Waals surface area contributed by atoms with Crippen LogP contribution in [0.5, 0.6) is 0 Å². The number of carbonyl (C=O) groups excluding carboxylic acids is 2. The van der Waals surface area contributed by atoms with Gasteiger partial charge in [-0.05, 0) is 181 Å². The number of hydrogen-bond donors (Lipinski definition) is 6. The van der Waals surface area contributed by atoms with Gasteiger partial charge in [0.05, 0.1) is 30.6 Å². The van der Waals surface area contributed by atoms with Gasteiger partial charge in [0.15, 0.2) is 5.78 Å². The van der Waals surface area contributed by atoms with E-state index in [2.05, 4.69) is 34.6 Å². The van der Waals surface area contributed by atoms with Crippen LogP contribution in [0.4, 0.5) is 0 Å². The molecule has 7 fully saturated rings. The molecule has 1 spiro atoms. The number of aliphatic hydroxyl groups is 3. The highest BCUT2D eigenvalue weighted by Crippen LogP contribution is 2.52. The summed E-state index contributed by atoms with van der Waals surface area (Å²) in [6.45, 7) is 1.91. The molecule has 8 rings (SSSR count). The molecule has 0 aromatic heterocycles.